The van der Waals surface area contributed by atoms with Crippen molar-refractivity contribution in [2.75, 3.05) is 13.7 Å². The third-order valence-corrected chi connectivity index (χ3v) is 2.30. The molecule has 0 aliphatic carbocycles. The van der Waals surface area contributed by atoms with Crippen LogP contribution in [0.5, 0.6) is 5.75 Å². The molecule has 4 nitrogen and oxygen atoms in total. The Balaban J connectivity index is 2.59. The van der Waals surface area contributed by atoms with Crippen LogP contribution < -0.4 is 10.1 Å². The maximum Gasteiger partial charge on any atom is 0.408 e. The summed E-state index contributed by atoms with van der Waals surface area (Å²) in [5.41, 5.74) is 1.41. The molecule has 0 fully saturated rings. The first-order chi connectivity index (χ1) is 9.31. The van der Waals surface area contributed by atoms with Crippen molar-refractivity contribution < 1.29 is 14.3 Å². The fourth-order valence-corrected chi connectivity index (χ4v) is 1.49. The summed E-state index contributed by atoms with van der Waals surface area (Å²) in [5.74, 6) is 6.58. The molecule has 0 aliphatic heterocycles. The lowest BCUT2D eigenvalue weighted by Crippen LogP contribution is -2.32. The number of carbonyl (C=O) groups excluding carboxylic acids is 1. The second kappa shape index (κ2) is 6.85. The van der Waals surface area contributed by atoms with E-state index in [1.807, 2.05) is 45.9 Å². The number of hydrogen-bond donors (Lipinski definition) is 1. The quantitative estimate of drug-likeness (QED) is 0.844. The fourth-order valence-electron chi connectivity index (χ4n) is 1.49. The van der Waals surface area contributed by atoms with E-state index < -0.39 is 11.7 Å². The van der Waals surface area contributed by atoms with Gasteiger partial charge >= 0.3 is 6.09 Å². The largest absolute Gasteiger partial charge is 0.495 e. The zero-order chi connectivity index (χ0) is 15.2. The van der Waals surface area contributed by atoms with E-state index in [-0.39, 0.29) is 6.54 Å². The van der Waals surface area contributed by atoms with Gasteiger partial charge in [0.05, 0.1) is 19.2 Å². The van der Waals surface area contributed by atoms with Crippen molar-refractivity contribution in [3.8, 4) is 17.6 Å². The van der Waals surface area contributed by atoms with Gasteiger partial charge < -0.3 is 14.8 Å². The lowest BCUT2D eigenvalue weighted by molar-refractivity contribution is 0.0535. The zero-order valence-corrected chi connectivity index (χ0v) is 12.7. The van der Waals surface area contributed by atoms with E-state index in [0.717, 1.165) is 16.9 Å². The number of rotatable bonds is 2. The topological polar surface area (TPSA) is 47.6 Å². The van der Waals surface area contributed by atoms with E-state index in [9.17, 15) is 4.79 Å². The normalized spacial score (nSPS) is 10.2. The number of nitrogens with one attached hydrogen (secondary N) is 1. The lowest BCUT2D eigenvalue weighted by Gasteiger charge is -2.19. The van der Waals surface area contributed by atoms with Crippen LogP contribution in [0.15, 0.2) is 18.2 Å². The van der Waals surface area contributed by atoms with Gasteiger partial charge in [-0.05, 0) is 45.4 Å². The second-order valence-corrected chi connectivity index (χ2v) is 5.36. The Morgan fingerprint density at radius 1 is 1.35 bits per heavy atom. The van der Waals surface area contributed by atoms with Crippen molar-refractivity contribution in [3.63, 3.8) is 0 Å². The van der Waals surface area contributed by atoms with Crippen LogP contribution >= 0.6 is 0 Å². The summed E-state index contributed by atoms with van der Waals surface area (Å²) >= 11 is 0. The Morgan fingerprint density at radius 2 is 2.05 bits per heavy atom. The summed E-state index contributed by atoms with van der Waals surface area (Å²) in [5, 5.41) is 2.59. The molecule has 0 atom stereocenters. The zero-order valence-electron chi connectivity index (χ0n) is 12.7. The van der Waals surface area contributed by atoms with Crippen molar-refractivity contribution in [1.29, 1.82) is 0 Å². The van der Waals surface area contributed by atoms with Crippen LogP contribution in [0, 0.1) is 18.8 Å². The van der Waals surface area contributed by atoms with E-state index >= 15 is 0 Å². The Morgan fingerprint density at radius 3 is 2.65 bits per heavy atom. The number of benzene rings is 1. The third-order valence-electron chi connectivity index (χ3n) is 2.30. The minimum absolute atomic E-state index is 0.228. The maximum absolute atomic E-state index is 11.4. The van der Waals surface area contributed by atoms with Gasteiger partial charge in [-0.15, -0.1) is 0 Å². The van der Waals surface area contributed by atoms with E-state index in [0.29, 0.717) is 0 Å². The van der Waals surface area contributed by atoms with Crippen LogP contribution in [0.2, 0.25) is 0 Å². The minimum atomic E-state index is -0.503. The van der Waals surface area contributed by atoms with Crippen LogP contribution in [-0.2, 0) is 4.74 Å². The maximum atomic E-state index is 11.4. The molecule has 20 heavy (non-hydrogen) atoms. The number of methoxy groups -OCH3 is 1. The van der Waals surface area contributed by atoms with Gasteiger partial charge in [-0.1, -0.05) is 17.9 Å². The third kappa shape index (κ3) is 5.66. The standard InChI is InChI=1S/C16H21NO3/c1-12-8-9-14(19-5)13(11-12)7-6-10-17-15(18)20-16(2,3)4/h8-9,11H,10H2,1-5H3,(H,17,18). The number of amides is 1. The monoisotopic (exact) mass is 275 g/mol. The molecular formula is C16H21NO3. The van der Waals surface area contributed by atoms with E-state index in [4.69, 9.17) is 9.47 Å². The molecule has 0 unspecified atom stereocenters. The molecule has 0 radical (unpaired) electrons. The summed E-state index contributed by atoms with van der Waals surface area (Å²) in [6.45, 7) is 7.66. The van der Waals surface area contributed by atoms with Crippen LogP contribution in [0.3, 0.4) is 0 Å². The van der Waals surface area contributed by atoms with Gasteiger partial charge in [-0.25, -0.2) is 4.79 Å². The van der Waals surface area contributed by atoms with Crippen molar-refractivity contribution >= 4 is 6.09 Å². The highest BCUT2D eigenvalue weighted by Crippen LogP contribution is 2.18. The van der Waals surface area contributed by atoms with Gasteiger partial charge in [0.15, 0.2) is 0 Å². The van der Waals surface area contributed by atoms with Crippen LogP contribution in [0.25, 0.3) is 0 Å². The molecule has 1 aromatic carbocycles. The number of aryl methyl sites for hydroxylation is 1. The molecule has 1 N–H and O–H groups in total. The molecule has 1 aromatic rings. The predicted molar refractivity (Wildman–Crippen MR) is 78.8 cm³/mol. The molecule has 0 aliphatic rings. The van der Waals surface area contributed by atoms with Crippen LogP contribution in [0.1, 0.15) is 31.9 Å². The number of ether oxygens (including phenoxy) is 2. The first-order valence-electron chi connectivity index (χ1n) is 6.42. The molecule has 0 heterocycles. The average molecular weight is 275 g/mol. The first kappa shape index (κ1) is 15.9. The Hall–Kier alpha value is -2.15. The molecular weight excluding hydrogens is 254 g/mol. The van der Waals surface area contributed by atoms with Gasteiger partial charge in [0.25, 0.3) is 0 Å². The number of alkyl carbamates (subject to hydrolysis) is 1. The summed E-state index contributed by atoms with van der Waals surface area (Å²) in [7, 11) is 1.61. The average Bonchev–Trinajstić information content (AvgIpc) is 2.33. The number of carbonyl (C=O) groups is 1. The number of hydrogen-bond acceptors (Lipinski definition) is 3. The van der Waals surface area contributed by atoms with Gasteiger partial charge in [0.2, 0.25) is 0 Å². The molecule has 0 saturated heterocycles. The molecule has 0 bridgehead atoms. The van der Waals surface area contributed by atoms with Crippen molar-refractivity contribution in [2.24, 2.45) is 0 Å². The van der Waals surface area contributed by atoms with Gasteiger partial charge in [0, 0.05) is 0 Å². The molecule has 1 rings (SSSR count). The summed E-state index contributed by atoms with van der Waals surface area (Å²) in [6.07, 6.45) is -0.469. The van der Waals surface area contributed by atoms with Crippen LogP contribution in [-0.4, -0.2) is 25.3 Å². The fraction of sp³-hybridized carbons (Fsp3) is 0.438. The lowest BCUT2D eigenvalue weighted by atomic mass is 10.1. The van der Waals surface area contributed by atoms with E-state index in [2.05, 4.69) is 17.2 Å². The Kier molecular flexibility index (Phi) is 5.45. The summed E-state index contributed by atoms with van der Waals surface area (Å²) in [6, 6.07) is 5.78. The highest BCUT2D eigenvalue weighted by Gasteiger charge is 2.14. The molecule has 0 saturated carbocycles. The Bertz CT molecular complexity index is 533. The van der Waals surface area contributed by atoms with Gasteiger partial charge in [-0.3, -0.25) is 0 Å². The predicted octanol–water partition coefficient (Wildman–Crippen LogP) is 2.88. The van der Waals surface area contributed by atoms with E-state index in [1.54, 1.807) is 7.11 Å². The molecule has 0 aromatic heterocycles. The van der Waals surface area contributed by atoms with E-state index in [1.165, 1.54) is 0 Å². The molecule has 1 amide bonds. The second-order valence-electron chi connectivity index (χ2n) is 5.36. The molecule has 4 heteroatoms. The van der Waals surface area contributed by atoms with Crippen molar-refractivity contribution in [2.45, 2.75) is 33.3 Å². The SMILES string of the molecule is COc1ccc(C)cc1C#CCNC(=O)OC(C)(C)C. The highest BCUT2D eigenvalue weighted by atomic mass is 16.6. The summed E-state index contributed by atoms with van der Waals surface area (Å²) in [4.78, 5) is 11.4. The molecule has 0 spiro atoms. The van der Waals surface area contributed by atoms with Crippen molar-refractivity contribution in [3.05, 3.63) is 29.3 Å². The smallest absolute Gasteiger partial charge is 0.408 e. The minimum Gasteiger partial charge on any atom is -0.495 e. The summed E-state index contributed by atoms with van der Waals surface area (Å²) < 4.78 is 10.3. The van der Waals surface area contributed by atoms with Gasteiger partial charge in [0.1, 0.15) is 11.4 Å². The first-order valence-corrected chi connectivity index (χ1v) is 6.42. The van der Waals surface area contributed by atoms with Crippen LogP contribution in [0.4, 0.5) is 4.79 Å². The Labute approximate surface area is 120 Å². The van der Waals surface area contributed by atoms with Crippen molar-refractivity contribution in [1.82, 2.24) is 5.32 Å². The molecule has 108 valence electrons. The van der Waals surface area contributed by atoms with Gasteiger partial charge in [-0.2, -0.15) is 0 Å². The highest BCUT2D eigenvalue weighted by molar-refractivity contribution is 5.68.